The summed E-state index contributed by atoms with van der Waals surface area (Å²) < 4.78 is 0.944. The topological polar surface area (TPSA) is 20.2 Å². The molecule has 0 spiro atoms. The van der Waals surface area contributed by atoms with Crippen LogP contribution in [0, 0.1) is 0 Å². The summed E-state index contributed by atoms with van der Waals surface area (Å²) in [5.74, 6) is 0. The van der Waals surface area contributed by atoms with Crippen LogP contribution in [0.15, 0.2) is 22.7 Å². The number of halogens is 2. The summed E-state index contributed by atoms with van der Waals surface area (Å²) in [7, 11) is 0. The third-order valence-electron chi connectivity index (χ3n) is 2.06. The van der Waals surface area contributed by atoms with E-state index in [1.165, 1.54) is 0 Å². The Morgan fingerprint density at radius 2 is 2.08 bits per heavy atom. The lowest BCUT2D eigenvalue weighted by atomic mass is 9.86. The summed E-state index contributed by atoms with van der Waals surface area (Å²) in [5.41, 5.74) is 0.836. The van der Waals surface area contributed by atoms with E-state index in [1.54, 1.807) is 0 Å². The lowest BCUT2D eigenvalue weighted by Gasteiger charge is -2.23. The molecule has 0 amide bonds. The highest BCUT2D eigenvalue weighted by molar-refractivity contribution is 9.10. The minimum atomic E-state index is -0.233. The van der Waals surface area contributed by atoms with Gasteiger partial charge in [-0.1, -0.05) is 47.4 Å². The van der Waals surface area contributed by atoms with Crippen molar-refractivity contribution >= 4 is 27.5 Å². The van der Waals surface area contributed by atoms with E-state index < -0.39 is 0 Å². The zero-order valence-corrected chi connectivity index (χ0v) is 9.98. The maximum Gasteiger partial charge on any atom is 0.0523 e. The number of aliphatic hydroxyl groups excluding tert-OH is 1. The van der Waals surface area contributed by atoms with Gasteiger partial charge in [-0.3, -0.25) is 0 Å². The number of rotatable bonds is 2. The number of hydrogen-bond donors (Lipinski definition) is 1. The van der Waals surface area contributed by atoms with Crippen molar-refractivity contribution < 1.29 is 5.11 Å². The molecule has 0 aliphatic carbocycles. The maximum absolute atomic E-state index is 9.19. The first-order valence-electron chi connectivity index (χ1n) is 4.04. The first-order chi connectivity index (χ1) is 5.97. The molecule has 0 atom stereocenters. The predicted molar refractivity (Wildman–Crippen MR) is 59.3 cm³/mol. The van der Waals surface area contributed by atoms with E-state index in [9.17, 15) is 5.11 Å². The molecule has 1 nitrogen and oxygen atoms in total. The van der Waals surface area contributed by atoms with Crippen LogP contribution in [0.1, 0.15) is 19.4 Å². The summed E-state index contributed by atoms with van der Waals surface area (Å²) in [6, 6.07) is 5.61. The second-order valence-corrected chi connectivity index (χ2v) is 4.96. The molecule has 0 saturated carbocycles. The molecule has 1 aromatic rings. The monoisotopic (exact) mass is 262 g/mol. The molecule has 0 aliphatic rings. The highest BCUT2D eigenvalue weighted by Gasteiger charge is 2.21. The third-order valence-corrected chi connectivity index (χ3v) is 2.95. The molecule has 1 aromatic carbocycles. The van der Waals surface area contributed by atoms with Crippen molar-refractivity contribution in [1.82, 2.24) is 0 Å². The molecule has 0 saturated heterocycles. The first-order valence-corrected chi connectivity index (χ1v) is 5.21. The predicted octanol–water partition coefficient (Wildman–Crippen LogP) is 3.37. The van der Waals surface area contributed by atoms with Crippen LogP contribution in [-0.4, -0.2) is 11.7 Å². The largest absolute Gasteiger partial charge is 0.395 e. The Morgan fingerprint density at radius 3 is 2.54 bits per heavy atom. The van der Waals surface area contributed by atoms with Crippen LogP contribution in [-0.2, 0) is 5.41 Å². The Morgan fingerprint density at radius 1 is 1.46 bits per heavy atom. The van der Waals surface area contributed by atoms with Crippen LogP contribution < -0.4 is 0 Å². The molecule has 0 aromatic heterocycles. The normalized spacial score (nSPS) is 11.8. The number of benzene rings is 1. The maximum atomic E-state index is 9.19. The van der Waals surface area contributed by atoms with Crippen molar-refractivity contribution in [3.05, 3.63) is 33.3 Å². The Hall–Kier alpha value is -0.0500. The molecule has 0 heterocycles. The number of hydrogen-bond acceptors (Lipinski definition) is 1. The lowest BCUT2D eigenvalue weighted by molar-refractivity contribution is 0.218. The van der Waals surface area contributed by atoms with Gasteiger partial charge in [-0.05, 0) is 17.7 Å². The van der Waals surface area contributed by atoms with Crippen molar-refractivity contribution in [3.63, 3.8) is 0 Å². The van der Waals surface area contributed by atoms with Crippen LogP contribution in [0.3, 0.4) is 0 Å². The molecule has 0 radical (unpaired) electrons. The third kappa shape index (κ3) is 2.46. The van der Waals surface area contributed by atoms with Crippen molar-refractivity contribution in [3.8, 4) is 0 Å². The average Bonchev–Trinajstić information content (AvgIpc) is 2.03. The fraction of sp³-hybridized carbons (Fsp3) is 0.400. The molecule has 3 heteroatoms. The second-order valence-electron chi connectivity index (χ2n) is 3.67. The van der Waals surface area contributed by atoms with E-state index in [0.29, 0.717) is 5.02 Å². The molecule has 0 unspecified atom stereocenters. The molecule has 72 valence electrons. The SMILES string of the molecule is CC(C)(CO)c1ccc(Cl)cc1Br. The first kappa shape index (κ1) is 11.0. The summed E-state index contributed by atoms with van der Waals surface area (Å²) in [5, 5.41) is 9.89. The van der Waals surface area contributed by atoms with Crippen LogP contribution in [0.2, 0.25) is 5.02 Å². The van der Waals surface area contributed by atoms with E-state index in [2.05, 4.69) is 15.9 Å². The Labute approximate surface area is 91.9 Å². The number of aliphatic hydroxyl groups is 1. The second kappa shape index (κ2) is 3.99. The minimum Gasteiger partial charge on any atom is -0.395 e. The Kier molecular flexibility index (Phi) is 3.38. The Bertz CT molecular complexity index is 310. The fourth-order valence-corrected chi connectivity index (χ4v) is 2.34. The molecule has 1 N–H and O–H groups in total. The van der Waals surface area contributed by atoms with Crippen LogP contribution in [0.25, 0.3) is 0 Å². The molecule has 0 bridgehead atoms. The fourth-order valence-electron chi connectivity index (χ4n) is 1.12. The quantitative estimate of drug-likeness (QED) is 0.867. The minimum absolute atomic E-state index is 0.118. The molecule has 1 rings (SSSR count). The summed E-state index contributed by atoms with van der Waals surface area (Å²) in [4.78, 5) is 0. The van der Waals surface area contributed by atoms with E-state index in [4.69, 9.17) is 11.6 Å². The van der Waals surface area contributed by atoms with Gasteiger partial charge in [-0.25, -0.2) is 0 Å². The van der Waals surface area contributed by atoms with Gasteiger partial charge in [-0.15, -0.1) is 0 Å². The molecular formula is C10H12BrClO. The smallest absolute Gasteiger partial charge is 0.0523 e. The van der Waals surface area contributed by atoms with Gasteiger partial charge in [-0.2, -0.15) is 0 Å². The zero-order chi connectivity index (χ0) is 10.1. The molecular weight excluding hydrogens is 251 g/mol. The van der Waals surface area contributed by atoms with Gasteiger partial charge >= 0.3 is 0 Å². The summed E-state index contributed by atoms with van der Waals surface area (Å²) >= 11 is 9.25. The van der Waals surface area contributed by atoms with Gasteiger partial charge in [0.1, 0.15) is 0 Å². The molecule has 13 heavy (non-hydrogen) atoms. The van der Waals surface area contributed by atoms with Crippen molar-refractivity contribution in [1.29, 1.82) is 0 Å². The van der Waals surface area contributed by atoms with Crippen molar-refractivity contribution in [2.24, 2.45) is 0 Å². The summed E-state index contributed by atoms with van der Waals surface area (Å²) in [6.45, 7) is 4.09. The summed E-state index contributed by atoms with van der Waals surface area (Å²) in [6.07, 6.45) is 0. The van der Waals surface area contributed by atoms with E-state index in [1.807, 2.05) is 32.0 Å². The van der Waals surface area contributed by atoms with Crippen LogP contribution in [0.5, 0.6) is 0 Å². The highest BCUT2D eigenvalue weighted by Crippen LogP contribution is 2.31. The van der Waals surface area contributed by atoms with Gasteiger partial charge < -0.3 is 5.11 Å². The molecule has 0 aliphatic heterocycles. The standard InChI is InChI=1S/C10H12BrClO/c1-10(2,6-13)8-4-3-7(12)5-9(8)11/h3-5,13H,6H2,1-2H3. The van der Waals surface area contributed by atoms with Gasteiger partial charge in [0.2, 0.25) is 0 Å². The lowest BCUT2D eigenvalue weighted by Crippen LogP contribution is -2.22. The zero-order valence-electron chi connectivity index (χ0n) is 7.64. The van der Waals surface area contributed by atoms with Gasteiger partial charge in [0, 0.05) is 14.9 Å². The van der Waals surface area contributed by atoms with Crippen molar-refractivity contribution in [2.45, 2.75) is 19.3 Å². The highest BCUT2D eigenvalue weighted by atomic mass is 79.9. The average molecular weight is 264 g/mol. The van der Waals surface area contributed by atoms with Crippen molar-refractivity contribution in [2.75, 3.05) is 6.61 Å². The van der Waals surface area contributed by atoms with E-state index >= 15 is 0 Å². The van der Waals surface area contributed by atoms with Crippen LogP contribution >= 0.6 is 27.5 Å². The molecule has 0 fully saturated rings. The van der Waals surface area contributed by atoms with Gasteiger partial charge in [0.05, 0.1) is 6.61 Å². The van der Waals surface area contributed by atoms with Gasteiger partial charge in [0.25, 0.3) is 0 Å². The van der Waals surface area contributed by atoms with E-state index in [0.717, 1.165) is 10.0 Å². The van der Waals surface area contributed by atoms with Gasteiger partial charge in [0.15, 0.2) is 0 Å². The van der Waals surface area contributed by atoms with E-state index in [-0.39, 0.29) is 12.0 Å². The Balaban J connectivity index is 3.16. The van der Waals surface area contributed by atoms with Crippen LogP contribution in [0.4, 0.5) is 0 Å².